The summed E-state index contributed by atoms with van der Waals surface area (Å²) in [6.07, 6.45) is 3.12. The van der Waals surface area contributed by atoms with Gasteiger partial charge in [0.05, 0.1) is 0 Å². The summed E-state index contributed by atoms with van der Waals surface area (Å²) in [5.74, 6) is 2.01. The first-order chi connectivity index (χ1) is 39.6. The van der Waals surface area contributed by atoms with E-state index in [1.165, 1.54) is 34.1 Å². The fraction of sp³-hybridized carbons (Fsp3) is 0.356. The lowest BCUT2D eigenvalue weighted by atomic mass is 9.91. The number of hydrogen-bond donors (Lipinski definition) is 9. The summed E-state index contributed by atoms with van der Waals surface area (Å²) in [4.78, 5) is 161. The van der Waals surface area contributed by atoms with E-state index in [0.29, 0.717) is 71.2 Å². The normalized spacial score (nSPS) is 18.0. The average Bonchev–Trinajstić information content (AvgIpc) is 3.41. The second-order valence-corrected chi connectivity index (χ2v) is 23.0. The van der Waals surface area contributed by atoms with Gasteiger partial charge in [-0.25, -0.2) is 4.79 Å². The van der Waals surface area contributed by atoms with E-state index in [-0.39, 0.29) is 67.1 Å². The third-order valence-electron chi connectivity index (χ3n) is 15.4. The number of primary amides is 1. The molecule has 83 heavy (non-hydrogen) atoms. The number of aromatic amines is 1. The molecule has 4 aliphatic heterocycles. The molecule has 24 heteroatoms. The third kappa shape index (κ3) is 13.4. The highest BCUT2D eigenvalue weighted by Crippen LogP contribution is 2.40. The van der Waals surface area contributed by atoms with Gasteiger partial charge in [0, 0.05) is 78.7 Å². The van der Waals surface area contributed by atoms with Crippen LogP contribution in [0.4, 0.5) is 10.5 Å². The first-order valence-corrected chi connectivity index (χ1v) is 28.9. The number of rotatable bonds is 18. The third-order valence-corrected chi connectivity index (χ3v) is 16.2. The number of piperidine rings is 2. The Morgan fingerprint density at radius 3 is 2.28 bits per heavy atom. The molecule has 5 heterocycles. The van der Waals surface area contributed by atoms with Crippen LogP contribution in [0, 0.1) is 23.7 Å². The summed E-state index contributed by atoms with van der Waals surface area (Å²) in [6.45, 7) is 4.15. The zero-order valence-corrected chi connectivity index (χ0v) is 46.4. The smallest absolute Gasteiger partial charge is 0.352 e. The van der Waals surface area contributed by atoms with Gasteiger partial charge < -0.3 is 51.6 Å². The number of amides is 10. The maximum atomic E-state index is 14.9. The molecule has 4 aromatic carbocycles. The van der Waals surface area contributed by atoms with Gasteiger partial charge in [-0.1, -0.05) is 80.3 Å². The number of imide groups is 1. The van der Waals surface area contributed by atoms with E-state index >= 15 is 0 Å². The molecule has 5 atom stereocenters. The summed E-state index contributed by atoms with van der Waals surface area (Å²) in [5.41, 5.74) is 7.53. The molecule has 23 nitrogen and oxygen atoms in total. The molecule has 1 unspecified atom stereocenters. The Hall–Kier alpha value is -8.97. The van der Waals surface area contributed by atoms with Crippen LogP contribution in [-0.4, -0.2) is 127 Å². The molecule has 0 bridgehead atoms. The number of fused-ring (bicyclic) bond motifs is 3. The van der Waals surface area contributed by atoms with Crippen LogP contribution in [0.1, 0.15) is 118 Å². The molecule has 10 N–H and O–H groups in total. The van der Waals surface area contributed by atoms with Crippen molar-refractivity contribution in [2.75, 3.05) is 24.5 Å². The highest BCUT2D eigenvalue weighted by atomic mass is 31.2. The van der Waals surface area contributed by atoms with Gasteiger partial charge in [0.2, 0.25) is 35.4 Å². The SMILES string of the molecule is CC(C)C[C@H](NC(=O)c1cc2cc(C(=O)P(=O)(O)O)ccc2[nH]1)C(=O)N1c2ccccc2C[C@H]1C(=O)N[C@@H](CNC(N)=O)C(=O)N[C@H](C(=O)N1CCC(CCC#Cc2cccc3c2CN(C2CCC(=O)NC2=O)C3=O)CC1)c1ccccc1. The molecule has 432 valence electrons. The largest absolute Gasteiger partial charge is 0.396 e. The summed E-state index contributed by atoms with van der Waals surface area (Å²) >= 11 is 0. The van der Waals surface area contributed by atoms with Gasteiger partial charge in [0.25, 0.3) is 17.3 Å². The maximum Gasteiger partial charge on any atom is 0.396 e. The number of nitrogens with two attached hydrogens (primary N) is 1. The van der Waals surface area contributed by atoms with E-state index < -0.39 is 91.3 Å². The Morgan fingerprint density at radius 1 is 0.831 bits per heavy atom. The Morgan fingerprint density at radius 2 is 1.57 bits per heavy atom. The van der Waals surface area contributed by atoms with E-state index in [9.17, 15) is 62.3 Å². The van der Waals surface area contributed by atoms with Crippen molar-refractivity contribution in [1.82, 2.24) is 41.4 Å². The van der Waals surface area contributed by atoms with E-state index in [1.807, 2.05) is 19.9 Å². The van der Waals surface area contributed by atoms with Gasteiger partial charge >= 0.3 is 13.6 Å². The molecule has 0 spiro atoms. The van der Waals surface area contributed by atoms with Gasteiger partial charge in [0.15, 0.2) is 0 Å². The maximum absolute atomic E-state index is 14.9. The number of nitrogens with zero attached hydrogens (tertiary/aromatic N) is 3. The first-order valence-electron chi connectivity index (χ1n) is 27.3. The number of anilines is 1. The van der Waals surface area contributed by atoms with Crippen molar-refractivity contribution < 1.29 is 62.3 Å². The van der Waals surface area contributed by atoms with E-state index in [1.54, 1.807) is 71.6 Å². The molecule has 1 aromatic heterocycles. The van der Waals surface area contributed by atoms with Crippen LogP contribution in [0.25, 0.3) is 10.9 Å². The molecule has 2 fully saturated rings. The Labute approximate surface area is 477 Å². The zero-order valence-electron chi connectivity index (χ0n) is 45.5. The van der Waals surface area contributed by atoms with Crippen LogP contribution in [0.3, 0.4) is 0 Å². The predicted octanol–water partition coefficient (Wildman–Crippen LogP) is 3.43. The average molecular weight is 1150 g/mol. The minimum atomic E-state index is -5.10. The topological polar surface area (TPSA) is 340 Å². The number of H-pyrrole nitrogens is 1. The second-order valence-electron chi connectivity index (χ2n) is 21.5. The van der Waals surface area contributed by atoms with Crippen molar-refractivity contribution in [3.63, 3.8) is 0 Å². The number of para-hydroxylation sites is 1. The summed E-state index contributed by atoms with van der Waals surface area (Å²) in [6, 6.07) is 18.9. The molecular weight excluding hydrogens is 1090 g/mol. The molecular formula is C59H63N10O13P. The van der Waals surface area contributed by atoms with Crippen molar-refractivity contribution in [2.45, 2.75) is 102 Å². The standard InChI is InChI=1S/C59H63N10O13P/c1-33(2)27-44(63-51(71)43-29-39-28-38(19-20-42(39)62-43)58(78)83(80,81)82)56(76)69-46-18-9-8-15-37(46)30-48(69)54(74)64-45(31-61-59(60)79)52(72)66-50(36-13-4-3-5-14-36)57(77)67-25-23-34(24-26-67)11-6-7-12-35-16-10-17-40-41(35)32-68(55(40)75)47-21-22-49(70)65-53(47)73/h3-5,8-10,13-20,28-29,33-34,44-45,47-48,50,62H,6,11,21-27,30-32H2,1-2H3,(H,63,71)(H,64,74)(H,66,72)(H3,60,61,79)(H,65,70,73)(H2,80,81,82)/t44-,45-,47?,48-,50-/m0/s1. The van der Waals surface area contributed by atoms with Crippen LogP contribution >= 0.6 is 7.60 Å². The minimum absolute atomic E-state index is 0.00300. The molecule has 2 saturated heterocycles. The van der Waals surface area contributed by atoms with Crippen molar-refractivity contribution in [3.8, 4) is 11.8 Å². The van der Waals surface area contributed by atoms with Crippen molar-refractivity contribution >= 4 is 83.0 Å². The molecule has 9 rings (SSSR count). The molecule has 10 amide bonds. The fourth-order valence-electron chi connectivity index (χ4n) is 11.1. The van der Waals surface area contributed by atoms with Gasteiger partial charge in [-0.3, -0.25) is 57.9 Å². The van der Waals surface area contributed by atoms with Crippen molar-refractivity contribution in [1.29, 1.82) is 0 Å². The highest BCUT2D eigenvalue weighted by Gasteiger charge is 2.44. The monoisotopic (exact) mass is 1150 g/mol. The van der Waals surface area contributed by atoms with Gasteiger partial charge in [-0.2, -0.15) is 0 Å². The number of hydrogen-bond acceptors (Lipinski definition) is 11. The lowest BCUT2D eigenvalue weighted by molar-refractivity contribution is -0.139. The van der Waals surface area contributed by atoms with Crippen LogP contribution in [0.15, 0.2) is 97.1 Å². The van der Waals surface area contributed by atoms with Crippen LogP contribution in [0.5, 0.6) is 0 Å². The zero-order chi connectivity index (χ0) is 59.3. The molecule has 0 aliphatic carbocycles. The Balaban J connectivity index is 0.857. The van der Waals surface area contributed by atoms with Crippen LogP contribution in [-0.2, 0) is 46.3 Å². The van der Waals surface area contributed by atoms with E-state index in [2.05, 4.69) is 43.4 Å². The summed E-state index contributed by atoms with van der Waals surface area (Å²) in [7, 11) is -5.10. The number of aromatic nitrogens is 1. The summed E-state index contributed by atoms with van der Waals surface area (Å²) in [5, 5.41) is 13.3. The van der Waals surface area contributed by atoms with Gasteiger partial charge in [0.1, 0.15) is 35.9 Å². The predicted molar refractivity (Wildman–Crippen MR) is 302 cm³/mol. The molecule has 0 radical (unpaired) electrons. The van der Waals surface area contributed by atoms with E-state index in [0.717, 1.165) is 12.0 Å². The number of carbonyl (C=O) groups excluding carboxylic acids is 10. The second kappa shape index (κ2) is 25.0. The Kier molecular flexibility index (Phi) is 17.7. The molecule has 0 saturated carbocycles. The highest BCUT2D eigenvalue weighted by molar-refractivity contribution is 7.70. The number of likely N-dealkylation sites (tertiary alicyclic amines) is 1. The quantitative estimate of drug-likeness (QED) is 0.0346. The lowest BCUT2D eigenvalue weighted by Gasteiger charge is -2.35. The fourth-order valence-corrected chi connectivity index (χ4v) is 11.6. The van der Waals surface area contributed by atoms with Crippen LogP contribution < -0.4 is 37.2 Å². The minimum Gasteiger partial charge on any atom is -0.352 e. The van der Waals surface area contributed by atoms with Crippen molar-refractivity contribution in [3.05, 3.63) is 136 Å². The number of carbonyl (C=O) groups is 10. The Bertz CT molecular complexity index is 3540. The van der Waals surface area contributed by atoms with Crippen molar-refractivity contribution in [2.24, 2.45) is 17.6 Å². The molecule has 4 aliphatic rings. The van der Waals surface area contributed by atoms with Gasteiger partial charge in [-0.05, 0) is 103 Å². The number of nitrogens with one attached hydrogen (secondary N) is 6. The number of benzene rings is 4. The van der Waals surface area contributed by atoms with Crippen LogP contribution in [0.2, 0.25) is 0 Å². The molecule has 5 aromatic rings. The first kappa shape index (κ1) is 58.7. The van der Waals surface area contributed by atoms with E-state index in [4.69, 9.17) is 5.73 Å². The van der Waals surface area contributed by atoms with Gasteiger partial charge in [-0.15, -0.1) is 0 Å². The summed E-state index contributed by atoms with van der Waals surface area (Å²) < 4.78 is 11.7. The number of urea groups is 1. The lowest BCUT2D eigenvalue weighted by Crippen LogP contribution is -2.60.